The van der Waals surface area contributed by atoms with Gasteiger partial charge in [0, 0.05) is 13.1 Å². The van der Waals surface area contributed by atoms with Gasteiger partial charge in [-0.05, 0) is 37.0 Å². The number of benzene rings is 1. The summed E-state index contributed by atoms with van der Waals surface area (Å²) in [4.78, 5) is 11.5. The van der Waals surface area contributed by atoms with E-state index in [0.717, 1.165) is 6.42 Å². The summed E-state index contributed by atoms with van der Waals surface area (Å²) in [5.41, 5.74) is -0.108. The molecule has 6 heteroatoms. The van der Waals surface area contributed by atoms with Crippen molar-refractivity contribution in [2.45, 2.75) is 29.6 Å². The highest BCUT2D eigenvalue weighted by molar-refractivity contribution is 7.89. The SMILES string of the molecule is O=C(O)C1(c2ccc(S(=O)(=O)N3CC=CCC3)cc2)CC1. The van der Waals surface area contributed by atoms with Crippen LogP contribution in [0.5, 0.6) is 0 Å². The molecule has 1 aromatic carbocycles. The summed E-state index contributed by atoms with van der Waals surface area (Å²) < 4.78 is 26.4. The zero-order chi connectivity index (χ0) is 15.1. The minimum Gasteiger partial charge on any atom is -0.481 e. The van der Waals surface area contributed by atoms with Crippen molar-refractivity contribution in [3.8, 4) is 0 Å². The Morgan fingerprint density at radius 2 is 1.81 bits per heavy atom. The van der Waals surface area contributed by atoms with Gasteiger partial charge in [0.25, 0.3) is 0 Å². The highest BCUT2D eigenvalue weighted by Gasteiger charge is 2.51. The van der Waals surface area contributed by atoms with Crippen LogP contribution >= 0.6 is 0 Å². The Kier molecular flexibility index (Phi) is 3.37. The second-order valence-corrected chi connectivity index (χ2v) is 7.47. The van der Waals surface area contributed by atoms with E-state index < -0.39 is 21.4 Å². The standard InChI is InChI=1S/C15H17NO4S/c17-14(18)15(8-9-15)12-4-6-13(7-5-12)21(19,20)16-10-2-1-3-11-16/h1-2,4-7H,3,8-11H2,(H,17,18). The van der Waals surface area contributed by atoms with E-state index in [0.29, 0.717) is 31.5 Å². The smallest absolute Gasteiger partial charge is 0.314 e. The van der Waals surface area contributed by atoms with Crippen molar-refractivity contribution in [3.63, 3.8) is 0 Å². The van der Waals surface area contributed by atoms with E-state index in [4.69, 9.17) is 0 Å². The van der Waals surface area contributed by atoms with E-state index in [1.54, 1.807) is 12.1 Å². The van der Waals surface area contributed by atoms with E-state index in [1.165, 1.54) is 16.4 Å². The number of nitrogens with zero attached hydrogens (tertiary/aromatic N) is 1. The average Bonchev–Trinajstić information content (AvgIpc) is 3.30. The first-order valence-electron chi connectivity index (χ1n) is 6.96. The number of rotatable bonds is 4. The van der Waals surface area contributed by atoms with Gasteiger partial charge in [0.2, 0.25) is 10.0 Å². The van der Waals surface area contributed by atoms with Gasteiger partial charge in [0.05, 0.1) is 10.3 Å². The van der Waals surface area contributed by atoms with E-state index >= 15 is 0 Å². The molecule has 0 atom stereocenters. The van der Waals surface area contributed by atoms with Crippen LogP contribution in [0, 0.1) is 0 Å². The number of hydrogen-bond donors (Lipinski definition) is 1. The van der Waals surface area contributed by atoms with Crippen LogP contribution in [0.1, 0.15) is 24.8 Å². The molecule has 0 amide bonds. The summed E-state index contributed by atoms with van der Waals surface area (Å²) in [6.45, 7) is 0.878. The third-order valence-corrected chi connectivity index (χ3v) is 6.10. The molecule has 112 valence electrons. The summed E-state index contributed by atoms with van der Waals surface area (Å²) in [6.07, 6.45) is 5.77. The molecular formula is C15H17NO4S. The first-order valence-corrected chi connectivity index (χ1v) is 8.40. The second-order valence-electron chi connectivity index (χ2n) is 5.53. The van der Waals surface area contributed by atoms with Crippen molar-refractivity contribution in [1.82, 2.24) is 4.31 Å². The Hall–Kier alpha value is -1.66. The minimum atomic E-state index is -3.49. The van der Waals surface area contributed by atoms with Crippen LogP contribution in [0.25, 0.3) is 0 Å². The number of carboxylic acid groups (broad SMARTS) is 1. The maximum atomic E-state index is 12.5. The molecule has 1 saturated carbocycles. The minimum absolute atomic E-state index is 0.225. The van der Waals surface area contributed by atoms with Crippen molar-refractivity contribution < 1.29 is 18.3 Å². The predicted molar refractivity (Wildman–Crippen MR) is 77.5 cm³/mol. The largest absolute Gasteiger partial charge is 0.481 e. The zero-order valence-electron chi connectivity index (χ0n) is 11.5. The highest BCUT2D eigenvalue weighted by Crippen LogP contribution is 2.48. The number of sulfonamides is 1. The van der Waals surface area contributed by atoms with Gasteiger partial charge in [0.1, 0.15) is 0 Å². The Morgan fingerprint density at radius 3 is 2.29 bits per heavy atom. The van der Waals surface area contributed by atoms with Crippen LogP contribution in [0.3, 0.4) is 0 Å². The molecule has 5 nitrogen and oxygen atoms in total. The van der Waals surface area contributed by atoms with Crippen molar-refractivity contribution in [1.29, 1.82) is 0 Å². The lowest BCUT2D eigenvalue weighted by atomic mass is 9.96. The number of carboxylic acids is 1. The number of aliphatic carboxylic acids is 1. The second kappa shape index (κ2) is 4.96. The molecule has 0 saturated heterocycles. The number of carbonyl (C=O) groups is 1. The quantitative estimate of drug-likeness (QED) is 0.860. The van der Waals surface area contributed by atoms with E-state index in [-0.39, 0.29) is 4.90 Å². The van der Waals surface area contributed by atoms with Crippen molar-refractivity contribution in [2.24, 2.45) is 0 Å². The molecule has 0 aromatic heterocycles. The third kappa shape index (κ3) is 2.38. The lowest BCUT2D eigenvalue weighted by molar-refractivity contribution is -0.140. The lowest BCUT2D eigenvalue weighted by Crippen LogP contribution is -2.33. The molecular weight excluding hydrogens is 290 g/mol. The van der Waals surface area contributed by atoms with E-state index in [9.17, 15) is 18.3 Å². The van der Waals surface area contributed by atoms with Crippen molar-refractivity contribution in [2.75, 3.05) is 13.1 Å². The Bertz CT molecular complexity index is 687. The molecule has 1 aromatic rings. The Labute approximate surface area is 123 Å². The first kappa shape index (κ1) is 14.3. The lowest BCUT2D eigenvalue weighted by Gasteiger charge is -2.23. The van der Waals surface area contributed by atoms with Crippen LogP contribution in [0.15, 0.2) is 41.3 Å². The zero-order valence-corrected chi connectivity index (χ0v) is 12.3. The van der Waals surface area contributed by atoms with Gasteiger partial charge in [0.15, 0.2) is 0 Å². The van der Waals surface area contributed by atoms with E-state index in [1.807, 2.05) is 12.2 Å². The van der Waals surface area contributed by atoms with Gasteiger partial charge in [-0.3, -0.25) is 4.79 Å². The molecule has 1 N–H and O–H groups in total. The summed E-state index contributed by atoms with van der Waals surface area (Å²) in [7, 11) is -3.49. The van der Waals surface area contributed by atoms with Gasteiger partial charge in [-0.15, -0.1) is 0 Å². The summed E-state index contributed by atoms with van der Waals surface area (Å²) in [5.74, 6) is -0.834. The van der Waals surface area contributed by atoms with Crippen LogP contribution in [0.2, 0.25) is 0 Å². The maximum Gasteiger partial charge on any atom is 0.314 e. The van der Waals surface area contributed by atoms with Gasteiger partial charge in [-0.2, -0.15) is 4.31 Å². The van der Waals surface area contributed by atoms with Crippen LogP contribution in [-0.2, 0) is 20.2 Å². The normalized spacial score (nSPS) is 21.1. The molecule has 0 bridgehead atoms. The van der Waals surface area contributed by atoms with Gasteiger partial charge < -0.3 is 5.11 Å². The number of hydrogen-bond acceptors (Lipinski definition) is 3. The van der Waals surface area contributed by atoms with Crippen LogP contribution in [0.4, 0.5) is 0 Å². The van der Waals surface area contributed by atoms with Crippen LogP contribution < -0.4 is 0 Å². The molecule has 2 aliphatic rings. The molecule has 0 spiro atoms. The van der Waals surface area contributed by atoms with Crippen molar-refractivity contribution in [3.05, 3.63) is 42.0 Å². The summed E-state index contributed by atoms with van der Waals surface area (Å²) >= 11 is 0. The highest BCUT2D eigenvalue weighted by atomic mass is 32.2. The summed E-state index contributed by atoms with van der Waals surface area (Å²) in [6, 6.07) is 6.31. The van der Waals surface area contributed by atoms with Gasteiger partial charge in [-0.25, -0.2) is 8.42 Å². The molecule has 0 radical (unpaired) electrons. The Morgan fingerprint density at radius 1 is 1.14 bits per heavy atom. The fourth-order valence-corrected chi connectivity index (χ4v) is 4.09. The summed E-state index contributed by atoms with van der Waals surface area (Å²) in [5, 5.41) is 9.26. The maximum absolute atomic E-state index is 12.5. The third-order valence-electron chi connectivity index (χ3n) is 4.22. The Balaban J connectivity index is 1.87. The van der Waals surface area contributed by atoms with Gasteiger partial charge >= 0.3 is 5.97 Å². The molecule has 1 aliphatic heterocycles. The monoisotopic (exact) mass is 307 g/mol. The predicted octanol–water partition coefficient (Wildman–Crippen LogP) is 1.75. The van der Waals surface area contributed by atoms with Crippen molar-refractivity contribution >= 4 is 16.0 Å². The van der Waals surface area contributed by atoms with E-state index in [2.05, 4.69) is 0 Å². The molecule has 1 aliphatic carbocycles. The first-order chi connectivity index (χ1) is 9.97. The fourth-order valence-electron chi connectivity index (χ4n) is 2.68. The fraction of sp³-hybridized carbons (Fsp3) is 0.400. The molecule has 0 unspecified atom stereocenters. The van der Waals surface area contributed by atoms with Gasteiger partial charge in [-0.1, -0.05) is 24.3 Å². The molecule has 3 rings (SSSR count). The van der Waals surface area contributed by atoms with Crippen LogP contribution in [-0.4, -0.2) is 36.9 Å². The topological polar surface area (TPSA) is 74.7 Å². The molecule has 1 heterocycles. The average molecular weight is 307 g/mol. The molecule has 21 heavy (non-hydrogen) atoms. The molecule has 1 fully saturated rings.